The number of hydrogen-bond acceptors (Lipinski definition) is 6. The van der Waals surface area contributed by atoms with Gasteiger partial charge in [-0.15, -0.1) is 22.7 Å². The maximum absolute atomic E-state index is 2.63. The minimum atomic E-state index is -0.698. The topological polar surface area (TPSA) is 6.48 Å². The van der Waals surface area contributed by atoms with Crippen molar-refractivity contribution in [3.05, 3.63) is 272 Å². The van der Waals surface area contributed by atoms with Gasteiger partial charge in [0, 0.05) is 52.1 Å². The molecule has 6 heteroatoms. The lowest BCUT2D eigenvalue weighted by Crippen LogP contribution is -2.45. The standard InChI is InChI=1S/C74H70N2S4/c1-69(2,3)47-29-37-51(38-30-47)75(52-39-31-48(32-40-52)70(4,5)6)65-45-59-67(79-65)74(57-23-15-19-27-63(57)78-64-28-20-16-24-58(64)74)60-46-66(80-68(60)73(59)55-21-13-17-25-61(55)77-62-26-18-14-22-56(62)73)76(53-41-33-49(34-42-53)71(7,8)9)54-43-35-50(36-44-54)72(10,11)12/h13-46H,1-12H3. The van der Waals surface area contributed by atoms with Crippen molar-refractivity contribution >= 4 is 78.9 Å². The quantitative estimate of drug-likeness (QED) is 0.164. The van der Waals surface area contributed by atoms with Crippen LogP contribution < -0.4 is 9.80 Å². The summed E-state index contributed by atoms with van der Waals surface area (Å²) in [5, 5.41) is 2.38. The fourth-order valence-corrected chi connectivity index (χ4v) is 18.0. The molecule has 3 aliphatic rings. The summed E-state index contributed by atoms with van der Waals surface area (Å²) in [6.45, 7) is 27.7. The third kappa shape index (κ3) is 8.40. The highest BCUT2D eigenvalue weighted by Gasteiger charge is 2.60. The Morgan fingerprint density at radius 3 is 0.725 bits per heavy atom. The second kappa shape index (κ2) is 19.0. The molecule has 0 saturated carbocycles. The molecule has 0 radical (unpaired) electrons. The molecule has 80 heavy (non-hydrogen) atoms. The first-order valence-corrected chi connectivity index (χ1v) is 31.5. The van der Waals surface area contributed by atoms with Crippen molar-refractivity contribution in [2.24, 2.45) is 0 Å². The van der Waals surface area contributed by atoms with Gasteiger partial charge in [0.2, 0.25) is 0 Å². The van der Waals surface area contributed by atoms with Gasteiger partial charge >= 0.3 is 0 Å². The summed E-state index contributed by atoms with van der Waals surface area (Å²) in [6, 6.07) is 80.1. The molecular weight excluding hydrogens is 1050 g/mol. The molecule has 1 aliphatic carbocycles. The van der Waals surface area contributed by atoms with Gasteiger partial charge in [-0.25, -0.2) is 0 Å². The van der Waals surface area contributed by atoms with Gasteiger partial charge in [0.15, 0.2) is 0 Å². The van der Waals surface area contributed by atoms with E-state index in [1.54, 1.807) is 0 Å². The van der Waals surface area contributed by atoms with Crippen LogP contribution in [0.15, 0.2) is 226 Å². The lowest BCUT2D eigenvalue weighted by molar-refractivity contribution is 0.590. The second-order valence-corrected chi connectivity index (χ2v) is 30.4. The van der Waals surface area contributed by atoms with Gasteiger partial charge in [0.05, 0.1) is 10.8 Å². The Kier molecular flexibility index (Phi) is 12.6. The van der Waals surface area contributed by atoms with Gasteiger partial charge in [-0.1, -0.05) is 228 Å². The summed E-state index contributed by atoms with van der Waals surface area (Å²) in [7, 11) is 0. The molecule has 0 saturated heterocycles. The molecule has 0 unspecified atom stereocenters. The third-order valence-corrected chi connectivity index (χ3v) is 21.7. The number of fused-ring (bicyclic) bond motifs is 14. The van der Waals surface area contributed by atoms with E-state index in [0.717, 1.165) is 22.7 Å². The maximum Gasteiger partial charge on any atom is 0.101 e. The average Bonchev–Trinajstić information content (AvgIpc) is 2.49. The van der Waals surface area contributed by atoms with E-state index in [-0.39, 0.29) is 21.7 Å². The van der Waals surface area contributed by atoms with E-state index in [9.17, 15) is 0 Å². The Bertz CT molecular complexity index is 3460. The van der Waals surface area contributed by atoms with Crippen LogP contribution >= 0.6 is 46.2 Å². The molecule has 0 bridgehead atoms. The molecule has 400 valence electrons. The number of hydrogen-bond donors (Lipinski definition) is 0. The van der Waals surface area contributed by atoms with Gasteiger partial charge in [0.25, 0.3) is 0 Å². The van der Waals surface area contributed by atoms with Crippen LogP contribution in [0.1, 0.15) is 148 Å². The Hall–Kier alpha value is -6.54. The van der Waals surface area contributed by atoms with Crippen LogP contribution in [-0.4, -0.2) is 0 Å². The van der Waals surface area contributed by atoms with Crippen molar-refractivity contribution < 1.29 is 0 Å². The van der Waals surface area contributed by atoms with Gasteiger partial charge < -0.3 is 9.80 Å². The molecule has 8 aromatic carbocycles. The molecule has 0 atom stereocenters. The SMILES string of the molecule is CC(C)(C)c1ccc(N(c2ccc(C(C)(C)C)cc2)c2cc3c(s2)C2(c4ccccc4Sc4ccccc42)c2cc(N(c4ccc(C(C)(C)C)cc4)c4ccc(C(C)(C)C)cc4)sc2C32c3ccccc3Sc3ccccc32)cc1. The Morgan fingerprint density at radius 1 is 0.275 bits per heavy atom. The van der Waals surface area contributed by atoms with Gasteiger partial charge in [-0.2, -0.15) is 0 Å². The molecule has 2 spiro atoms. The van der Waals surface area contributed by atoms with Crippen LogP contribution in [-0.2, 0) is 32.5 Å². The highest BCUT2D eigenvalue weighted by Crippen LogP contribution is 2.71. The van der Waals surface area contributed by atoms with E-state index in [2.05, 4.69) is 299 Å². The lowest BCUT2D eigenvalue weighted by Gasteiger charge is -2.51. The van der Waals surface area contributed by atoms with E-state index >= 15 is 0 Å². The first-order chi connectivity index (χ1) is 38.2. The van der Waals surface area contributed by atoms with E-state index in [1.807, 2.05) is 46.2 Å². The summed E-state index contributed by atoms with van der Waals surface area (Å²) in [6.07, 6.45) is 0. The van der Waals surface area contributed by atoms with Crippen molar-refractivity contribution in [3.8, 4) is 0 Å². The van der Waals surface area contributed by atoms with Crippen LogP contribution in [0, 0.1) is 0 Å². The van der Waals surface area contributed by atoms with Crippen molar-refractivity contribution in [1.29, 1.82) is 0 Å². The minimum absolute atomic E-state index is 0.00958. The van der Waals surface area contributed by atoms with Crippen molar-refractivity contribution in [1.82, 2.24) is 0 Å². The highest BCUT2D eigenvalue weighted by molar-refractivity contribution is 7.99. The number of benzene rings is 8. The first-order valence-electron chi connectivity index (χ1n) is 28.2. The van der Waals surface area contributed by atoms with Crippen LogP contribution in [0.25, 0.3) is 0 Å². The molecule has 13 rings (SSSR count). The molecule has 4 heterocycles. The molecule has 2 nitrogen and oxygen atoms in total. The number of nitrogens with zero attached hydrogens (tertiary/aromatic N) is 2. The molecule has 10 aromatic rings. The van der Waals surface area contributed by atoms with Crippen molar-refractivity contribution in [3.63, 3.8) is 0 Å². The zero-order valence-corrected chi connectivity index (χ0v) is 51.4. The predicted octanol–water partition coefficient (Wildman–Crippen LogP) is 21.9. The number of thiophene rings is 2. The molecule has 0 amide bonds. The predicted molar refractivity (Wildman–Crippen MR) is 345 cm³/mol. The van der Waals surface area contributed by atoms with Crippen molar-refractivity contribution in [2.45, 2.75) is 135 Å². The van der Waals surface area contributed by atoms with Crippen molar-refractivity contribution in [2.75, 3.05) is 9.80 Å². The Balaban J connectivity index is 1.18. The highest BCUT2D eigenvalue weighted by atomic mass is 32.2. The summed E-state index contributed by atoms with van der Waals surface area (Å²) in [4.78, 5) is 13.0. The fraction of sp³-hybridized carbons (Fsp3) is 0.243. The summed E-state index contributed by atoms with van der Waals surface area (Å²) in [5.74, 6) is 0. The molecule has 2 aromatic heterocycles. The lowest BCUT2D eigenvalue weighted by atomic mass is 9.55. The largest absolute Gasteiger partial charge is 0.302 e. The maximum atomic E-state index is 2.63. The molecule has 0 N–H and O–H groups in total. The molecular formula is C74H70N2S4. The molecule has 2 aliphatic heterocycles. The van der Waals surface area contributed by atoms with Crippen LogP contribution in [0.4, 0.5) is 32.8 Å². The van der Waals surface area contributed by atoms with E-state index < -0.39 is 10.8 Å². The first kappa shape index (κ1) is 52.8. The summed E-state index contributed by atoms with van der Waals surface area (Å²) < 4.78 is 0. The minimum Gasteiger partial charge on any atom is -0.302 e. The summed E-state index contributed by atoms with van der Waals surface area (Å²) >= 11 is 7.80. The van der Waals surface area contributed by atoms with Crippen LogP contribution in [0.2, 0.25) is 0 Å². The Labute approximate surface area is 492 Å². The van der Waals surface area contributed by atoms with E-state index in [4.69, 9.17) is 0 Å². The molecule has 0 fully saturated rings. The second-order valence-electron chi connectivity index (χ2n) is 26.2. The number of rotatable bonds is 6. The zero-order chi connectivity index (χ0) is 55.7. The third-order valence-electron chi connectivity index (χ3n) is 16.9. The van der Waals surface area contributed by atoms with Gasteiger partial charge in [-0.3, -0.25) is 0 Å². The van der Waals surface area contributed by atoms with Gasteiger partial charge in [-0.05, 0) is 162 Å². The normalized spacial score (nSPS) is 14.8. The average molecular weight is 1120 g/mol. The van der Waals surface area contributed by atoms with E-state index in [1.165, 1.54) is 95.0 Å². The van der Waals surface area contributed by atoms with Gasteiger partial charge in [0.1, 0.15) is 10.0 Å². The zero-order valence-electron chi connectivity index (χ0n) is 48.2. The smallest absolute Gasteiger partial charge is 0.101 e. The van der Waals surface area contributed by atoms with E-state index in [0.29, 0.717) is 0 Å². The monoisotopic (exact) mass is 1110 g/mol. The number of anilines is 6. The van der Waals surface area contributed by atoms with Crippen LogP contribution in [0.5, 0.6) is 0 Å². The Morgan fingerprint density at radius 2 is 0.500 bits per heavy atom. The fourth-order valence-electron chi connectivity index (χ4n) is 12.6. The van der Waals surface area contributed by atoms with Crippen LogP contribution in [0.3, 0.4) is 0 Å². The summed E-state index contributed by atoms with van der Waals surface area (Å²) in [5.41, 5.74) is 16.5.